The SMILES string of the molecule is COC1CC(C(=O)O)N(C(=O)CCc2c(C)noc2C)C1. The summed E-state index contributed by atoms with van der Waals surface area (Å²) in [4.78, 5) is 24.9. The number of carbonyl (C=O) groups is 2. The Morgan fingerprint density at radius 2 is 2.19 bits per heavy atom. The molecule has 0 aliphatic carbocycles. The van der Waals surface area contributed by atoms with Crippen LogP contribution in [0.3, 0.4) is 0 Å². The second-order valence-corrected chi connectivity index (χ2v) is 5.30. The molecule has 2 unspecified atom stereocenters. The molecule has 2 atom stereocenters. The van der Waals surface area contributed by atoms with Crippen molar-refractivity contribution in [1.29, 1.82) is 0 Å². The number of methoxy groups -OCH3 is 1. The quantitative estimate of drug-likeness (QED) is 0.868. The molecule has 7 nitrogen and oxygen atoms in total. The number of amides is 1. The minimum atomic E-state index is -0.986. The highest BCUT2D eigenvalue weighted by Gasteiger charge is 2.39. The van der Waals surface area contributed by atoms with E-state index in [0.717, 1.165) is 11.3 Å². The van der Waals surface area contributed by atoms with Crippen LogP contribution in [0.2, 0.25) is 0 Å². The van der Waals surface area contributed by atoms with Gasteiger partial charge in [0.1, 0.15) is 11.8 Å². The Hall–Kier alpha value is -1.89. The van der Waals surface area contributed by atoms with E-state index in [-0.39, 0.29) is 18.4 Å². The van der Waals surface area contributed by atoms with E-state index in [2.05, 4.69) is 5.16 Å². The summed E-state index contributed by atoms with van der Waals surface area (Å²) in [5, 5.41) is 13.1. The zero-order valence-corrected chi connectivity index (χ0v) is 12.5. The molecule has 0 saturated carbocycles. The molecule has 1 saturated heterocycles. The summed E-state index contributed by atoms with van der Waals surface area (Å²) < 4.78 is 10.2. The normalized spacial score (nSPS) is 21.8. The van der Waals surface area contributed by atoms with E-state index in [1.54, 1.807) is 6.92 Å². The van der Waals surface area contributed by atoms with Crippen molar-refractivity contribution in [3.63, 3.8) is 0 Å². The molecule has 1 aromatic heterocycles. The number of likely N-dealkylation sites (tertiary alicyclic amines) is 1. The lowest BCUT2D eigenvalue weighted by Gasteiger charge is -2.21. The summed E-state index contributed by atoms with van der Waals surface area (Å²) in [6, 6.07) is -0.799. The van der Waals surface area contributed by atoms with E-state index < -0.39 is 12.0 Å². The molecular formula is C14H20N2O5. The van der Waals surface area contributed by atoms with E-state index in [1.165, 1.54) is 12.0 Å². The zero-order valence-electron chi connectivity index (χ0n) is 12.5. The fourth-order valence-electron chi connectivity index (χ4n) is 2.71. The van der Waals surface area contributed by atoms with E-state index in [9.17, 15) is 14.7 Å². The molecule has 1 aliphatic rings. The summed E-state index contributed by atoms with van der Waals surface area (Å²) in [5.41, 5.74) is 1.68. The minimum absolute atomic E-state index is 0.179. The third-order valence-corrected chi connectivity index (χ3v) is 3.97. The van der Waals surface area contributed by atoms with Crippen molar-refractivity contribution in [2.24, 2.45) is 0 Å². The van der Waals surface area contributed by atoms with Crippen molar-refractivity contribution >= 4 is 11.9 Å². The van der Waals surface area contributed by atoms with E-state index in [1.807, 2.05) is 6.92 Å². The molecule has 2 heterocycles. The molecule has 0 radical (unpaired) electrons. The Kier molecular flexibility index (Phi) is 4.62. The van der Waals surface area contributed by atoms with Crippen molar-refractivity contribution in [3.05, 3.63) is 17.0 Å². The Morgan fingerprint density at radius 3 is 2.71 bits per heavy atom. The Balaban J connectivity index is 2.00. The number of aryl methyl sites for hydroxylation is 2. The van der Waals surface area contributed by atoms with Crippen LogP contribution in [0.15, 0.2) is 4.52 Å². The first-order valence-corrected chi connectivity index (χ1v) is 6.90. The first-order valence-electron chi connectivity index (χ1n) is 6.90. The number of aliphatic carboxylic acids is 1. The summed E-state index contributed by atoms with van der Waals surface area (Å²) in [6.45, 7) is 3.96. The average molecular weight is 296 g/mol. The number of hydrogen-bond acceptors (Lipinski definition) is 5. The molecule has 1 fully saturated rings. The van der Waals surface area contributed by atoms with Crippen molar-refractivity contribution in [2.45, 2.75) is 45.3 Å². The summed E-state index contributed by atoms with van der Waals surface area (Å²) in [7, 11) is 1.53. The maximum atomic E-state index is 12.3. The molecular weight excluding hydrogens is 276 g/mol. The van der Waals surface area contributed by atoms with Crippen LogP contribution in [0.1, 0.15) is 29.9 Å². The molecule has 1 N–H and O–H groups in total. The van der Waals surface area contributed by atoms with Gasteiger partial charge in [-0.05, 0) is 20.3 Å². The van der Waals surface area contributed by atoms with Gasteiger partial charge in [-0.3, -0.25) is 4.79 Å². The van der Waals surface area contributed by atoms with Gasteiger partial charge in [0.2, 0.25) is 5.91 Å². The van der Waals surface area contributed by atoms with Gasteiger partial charge in [-0.15, -0.1) is 0 Å². The van der Waals surface area contributed by atoms with Crippen LogP contribution in [-0.4, -0.2) is 52.8 Å². The molecule has 116 valence electrons. The zero-order chi connectivity index (χ0) is 15.6. The van der Waals surface area contributed by atoms with Crippen LogP contribution in [-0.2, 0) is 20.7 Å². The van der Waals surface area contributed by atoms with Crippen molar-refractivity contribution in [2.75, 3.05) is 13.7 Å². The Labute approximate surface area is 122 Å². The van der Waals surface area contributed by atoms with Gasteiger partial charge in [0.15, 0.2) is 0 Å². The van der Waals surface area contributed by atoms with Crippen molar-refractivity contribution in [3.8, 4) is 0 Å². The van der Waals surface area contributed by atoms with Crippen LogP contribution in [0.5, 0.6) is 0 Å². The number of carboxylic acids is 1. The highest BCUT2D eigenvalue weighted by molar-refractivity contribution is 5.84. The second kappa shape index (κ2) is 6.26. The van der Waals surface area contributed by atoms with Crippen molar-refractivity contribution in [1.82, 2.24) is 10.1 Å². The first-order chi connectivity index (χ1) is 9.93. The van der Waals surface area contributed by atoms with Crippen molar-refractivity contribution < 1.29 is 24.0 Å². The standard InChI is InChI=1S/C14H20N2O5/c1-8-11(9(2)21-15-8)4-5-13(17)16-7-10(20-3)6-12(16)14(18)19/h10,12H,4-7H2,1-3H3,(H,18,19). The highest BCUT2D eigenvalue weighted by atomic mass is 16.5. The second-order valence-electron chi connectivity index (χ2n) is 5.30. The van der Waals surface area contributed by atoms with Gasteiger partial charge in [0.05, 0.1) is 11.8 Å². The number of carbonyl (C=O) groups excluding carboxylic acids is 1. The maximum Gasteiger partial charge on any atom is 0.326 e. The lowest BCUT2D eigenvalue weighted by atomic mass is 10.1. The van der Waals surface area contributed by atoms with Gasteiger partial charge in [0, 0.05) is 32.1 Å². The van der Waals surface area contributed by atoms with Crippen LogP contribution in [0.25, 0.3) is 0 Å². The molecule has 1 amide bonds. The van der Waals surface area contributed by atoms with Crippen LogP contribution in [0, 0.1) is 13.8 Å². The number of hydrogen-bond donors (Lipinski definition) is 1. The monoisotopic (exact) mass is 296 g/mol. The fourth-order valence-corrected chi connectivity index (χ4v) is 2.71. The third kappa shape index (κ3) is 3.24. The number of aromatic nitrogens is 1. The smallest absolute Gasteiger partial charge is 0.326 e. The molecule has 0 spiro atoms. The van der Waals surface area contributed by atoms with Gasteiger partial charge in [-0.25, -0.2) is 4.79 Å². The number of ether oxygens (including phenoxy) is 1. The molecule has 1 aliphatic heterocycles. The number of carboxylic acid groups (broad SMARTS) is 1. The lowest BCUT2D eigenvalue weighted by molar-refractivity contribution is -0.148. The van der Waals surface area contributed by atoms with Crippen LogP contribution < -0.4 is 0 Å². The Bertz CT molecular complexity index is 520. The molecule has 21 heavy (non-hydrogen) atoms. The largest absolute Gasteiger partial charge is 0.480 e. The topological polar surface area (TPSA) is 92.9 Å². The van der Waals surface area contributed by atoms with Gasteiger partial charge in [-0.2, -0.15) is 0 Å². The maximum absolute atomic E-state index is 12.3. The van der Waals surface area contributed by atoms with Gasteiger partial charge >= 0.3 is 5.97 Å². The lowest BCUT2D eigenvalue weighted by Crippen LogP contribution is -2.40. The fraction of sp³-hybridized carbons (Fsp3) is 0.643. The average Bonchev–Trinajstić information content (AvgIpc) is 3.01. The predicted octanol–water partition coefficient (Wildman–Crippen LogP) is 0.925. The van der Waals surface area contributed by atoms with Gasteiger partial charge < -0.3 is 19.3 Å². The molecule has 0 bridgehead atoms. The highest BCUT2D eigenvalue weighted by Crippen LogP contribution is 2.22. The summed E-state index contributed by atoms with van der Waals surface area (Å²) in [6.07, 6.45) is 0.862. The number of nitrogens with zero attached hydrogens (tertiary/aromatic N) is 2. The summed E-state index contributed by atoms with van der Waals surface area (Å²) >= 11 is 0. The summed E-state index contributed by atoms with van der Waals surface area (Å²) in [5.74, 6) is -0.464. The molecule has 0 aromatic carbocycles. The van der Waals surface area contributed by atoms with Crippen LogP contribution in [0.4, 0.5) is 0 Å². The molecule has 7 heteroatoms. The van der Waals surface area contributed by atoms with Crippen LogP contribution >= 0.6 is 0 Å². The van der Waals surface area contributed by atoms with E-state index in [0.29, 0.717) is 25.1 Å². The van der Waals surface area contributed by atoms with E-state index in [4.69, 9.17) is 9.26 Å². The minimum Gasteiger partial charge on any atom is -0.480 e. The third-order valence-electron chi connectivity index (χ3n) is 3.97. The molecule has 1 aromatic rings. The van der Waals surface area contributed by atoms with Gasteiger partial charge in [0.25, 0.3) is 0 Å². The Morgan fingerprint density at radius 1 is 1.48 bits per heavy atom. The van der Waals surface area contributed by atoms with Gasteiger partial charge in [-0.1, -0.05) is 5.16 Å². The predicted molar refractivity (Wildman–Crippen MR) is 72.8 cm³/mol. The first kappa shape index (κ1) is 15.5. The number of rotatable bonds is 5. The molecule has 2 rings (SSSR count). The van der Waals surface area contributed by atoms with E-state index >= 15 is 0 Å².